The van der Waals surface area contributed by atoms with Crippen molar-refractivity contribution in [2.45, 2.75) is 19.5 Å². The van der Waals surface area contributed by atoms with Crippen LogP contribution in [-0.4, -0.2) is 42.1 Å². The van der Waals surface area contributed by atoms with E-state index in [0.717, 1.165) is 0 Å². The number of alkyl halides is 3. The van der Waals surface area contributed by atoms with Gasteiger partial charge in [0.15, 0.2) is 5.92 Å². The van der Waals surface area contributed by atoms with Crippen molar-refractivity contribution in [2.75, 3.05) is 19.7 Å². The summed E-state index contributed by atoms with van der Waals surface area (Å²) in [5, 5.41) is 19.4. The molecule has 2 atom stereocenters. The Labute approximate surface area is 91.5 Å². The van der Waals surface area contributed by atoms with E-state index in [9.17, 15) is 18.0 Å². The van der Waals surface area contributed by atoms with Crippen molar-refractivity contribution >= 4 is 5.97 Å². The van der Waals surface area contributed by atoms with Gasteiger partial charge in [-0.15, -0.1) is 0 Å². The summed E-state index contributed by atoms with van der Waals surface area (Å²) >= 11 is 0. The van der Waals surface area contributed by atoms with E-state index < -0.39 is 24.6 Å². The summed E-state index contributed by atoms with van der Waals surface area (Å²) in [7, 11) is 0. The number of carbonyl (C=O) groups is 1. The van der Waals surface area contributed by atoms with Crippen LogP contribution in [0, 0.1) is 11.8 Å². The number of aliphatic hydroxyl groups excluding tert-OH is 1. The Bertz CT molecular complexity index is 221. The maximum Gasteiger partial charge on any atom is 0.403 e. The molecule has 7 heteroatoms. The number of halogens is 3. The molecule has 16 heavy (non-hydrogen) atoms. The van der Waals surface area contributed by atoms with Crippen molar-refractivity contribution in [3.8, 4) is 0 Å². The largest absolute Gasteiger partial charge is 0.481 e. The highest BCUT2D eigenvalue weighted by Crippen LogP contribution is 2.25. The standard InChI is InChI=1S/C9H16F3NO3/c1-6(2-3-14)4-13-5-7(8(15)16)9(10,11)12/h6-7,13-14H,2-5H2,1H3,(H,15,16). The van der Waals surface area contributed by atoms with Crippen molar-refractivity contribution in [1.29, 1.82) is 0 Å². The number of aliphatic hydroxyl groups is 1. The van der Waals surface area contributed by atoms with Gasteiger partial charge in [0.05, 0.1) is 0 Å². The van der Waals surface area contributed by atoms with Crippen molar-refractivity contribution in [3.05, 3.63) is 0 Å². The van der Waals surface area contributed by atoms with Gasteiger partial charge in [-0.3, -0.25) is 4.79 Å². The van der Waals surface area contributed by atoms with Crippen LogP contribution in [0.25, 0.3) is 0 Å². The third kappa shape index (κ3) is 5.92. The van der Waals surface area contributed by atoms with Gasteiger partial charge < -0.3 is 15.5 Å². The van der Waals surface area contributed by atoms with Crippen molar-refractivity contribution in [3.63, 3.8) is 0 Å². The highest BCUT2D eigenvalue weighted by molar-refractivity contribution is 5.71. The van der Waals surface area contributed by atoms with Crippen LogP contribution in [0.3, 0.4) is 0 Å². The topological polar surface area (TPSA) is 69.6 Å². The normalized spacial score (nSPS) is 15.8. The molecule has 2 unspecified atom stereocenters. The smallest absolute Gasteiger partial charge is 0.403 e. The summed E-state index contributed by atoms with van der Waals surface area (Å²) in [5.41, 5.74) is 0. The second kappa shape index (κ2) is 6.70. The molecule has 0 aliphatic heterocycles. The van der Waals surface area contributed by atoms with E-state index in [2.05, 4.69) is 5.32 Å². The van der Waals surface area contributed by atoms with Gasteiger partial charge in [-0.1, -0.05) is 6.92 Å². The summed E-state index contributed by atoms with van der Waals surface area (Å²) in [5.74, 6) is -4.25. The molecule has 0 fully saturated rings. The molecule has 96 valence electrons. The third-order valence-electron chi connectivity index (χ3n) is 2.16. The molecule has 0 aliphatic rings. The second-order valence-corrected chi connectivity index (χ2v) is 3.71. The quantitative estimate of drug-likeness (QED) is 0.620. The molecule has 0 bridgehead atoms. The van der Waals surface area contributed by atoms with Crippen molar-refractivity contribution in [1.82, 2.24) is 5.32 Å². The molecule has 0 aromatic rings. The number of rotatable bonds is 7. The van der Waals surface area contributed by atoms with Crippen LogP contribution >= 0.6 is 0 Å². The summed E-state index contributed by atoms with van der Waals surface area (Å²) in [6.07, 6.45) is -4.27. The molecule has 0 saturated carbocycles. The lowest BCUT2D eigenvalue weighted by Crippen LogP contribution is -2.40. The van der Waals surface area contributed by atoms with Gasteiger partial charge in [0.2, 0.25) is 0 Å². The second-order valence-electron chi connectivity index (χ2n) is 3.71. The molecule has 0 spiro atoms. The average Bonchev–Trinajstić information content (AvgIpc) is 2.10. The molecule has 3 N–H and O–H groups in total. The SMILES string of the molecule is CC(CCO)CNCC(C(=O)O)C(F)(F)F. The minimum Gasteiger partial charge on any atom is -0.481 e. The van der Waals surface area contributed by atoms with Crippen molar-refractivity contribution < 1.29 is 28.2 Å². The van der Waals surface area contributed by atoms with Crippen LogP contribution in [0.1, 0.15) is 13.3 Å². The first-order valence-electron chi connectivity index (χ1n) is 4.90. The maximum absolute atomic E-state index is 12.2. The summed E-state index contributed by atoms with van der Waals surface area (Å²) in [6, 6.07) is 0. The van der Waals surface area contributed by atoms with Gasteiger partial charge in [-0.2, -0.15) is 13.2 Å². The Morgan fingerprint density at radius 1 is 1.38 bits per heavy atom. The Kier molecular flexibility index (Phi) is 6.35. The Morgan fingerprint density at radius 2 is 1.94 bits per heavy atom. The van der Waals surface area contributed by atoms with E-state index in [0.29, 0.717) is 6.42 Å². The van der Waals surface area contributed by atoms with Gasteiger partial charge in [0, 0.05) is 13.2 Å². The minimum absolute atomic E-state index is 0.00711. The van der Waals surface area contributed by atoms with Crippen LogP contribution in [-0.2, 0) is 4.79 Å². The van der Waals surface area contributed by atoms with E-state index in [1.165, 1.54) is 0 Å². The first-order chi connectivity index (χ1) is 7.29. The summed E-state index contributed by atoms with van der Waals surface area (Å²) < 4.78 is 36.5. The predicted octanol–water partition coefficient (Wildman–Crippen LogP) is 0.858. The fraction of sp³-hybridized carbons (Fsp3) is 0.889. The summed E-state index contributed by atoms with van der Waals surface area (Å²) in [6.45, 7) is 1.33. The minimum atomic E-state index is -4.74. The molecule has 0 heterocycles. The zero-order valence-electron chi connectivity index (χ0n) is 8.92. The molecule has 0 radical (unpaired) electrons. The zero-order chi connectivity index (χ0) is 12.8. The average molecular weight is 243 g/mol. The molecule has 4 nitrogen and oxygen atoms in total. The number of aliphatic carboxylic acids is 1. The van der Waals surface area contributed by atoms with Crippen LogP contribution in [0.5, 0.6) is 0 Å². The Balaban J connectivity index is 4.00. The molecule has 0 amide bonds. The van der Waals surface area contributed by atoms with Gasteiger partial charge in [0.25, 0.3) is 0 Å². The molecule has 0 aromatic heterocycles. The predicted molar refractivity (Wildman–Crippen MR) is 50.9 cm³/mol. The maximum atomic E-state index is 12.2. The van der Waals surface area contributed by atoms with Gasteiger partial charge >= 0.3 is 12.1 Å². The number of carboxylic acid groups (broad SMARTS) is 1. The van der Waals surface area contributed by atoms with Gasteiger partial charge in [0.1, 0.15) is 0 Å². The van der Waals surface area contributed by atoms with Gasteiger partial charge in [-0.05, 0) is 18.9 Å². The van der Waals surface area contributed by atoms with Crippen LogP contribution < -0.4 is 5.32 Å². The first kappa shape index (κ1) is 15.2. The fourth-order valence-electron chi connectivity index (χ4n) is 1.14. The summed E-state index contributed by atoms with van der Waals surface area (Å²) in [4.78, 5) is 10.3. The monoisotopic (exact) mass is 243 g/mol. The molecular weight excluding hydrogens is 227 g/mol. The molecule has 0 aliphatic carbocycles. The van der Waals surface area contributed by atoms with E-state index >= 15 is 0 Å². The molecule has 0 saturated heterocycles. The van der Waals surface area contributed by atoms with Crippen LogP contribution in [0.2, 0.25) is 0 Å². The van der Waals surface area contributed by atoms with E-state index in [1.807, 2.05) is 0 Å². The number of carboxylic acids is 1. The number of nitrogens with one attached hydrogen (secondary N) is 1. The highest BCUT2D eigenvalue weighted by atomic mass is 19.4. The number of hydrogen-bond acceptors (Lipinski definition) is 3. The molecular formula is C9H16F3NO3. The van der Waals surface area contributed by atoms with Crippen LogP contribution in [0.15, 0.2) is 0 Å². The lowest BCUT2D eigenvalue weighted by atomic mass is 10.1. The number of hydrogen-bond donors (Lipinski definition) is 3. The van der Waals surface area contributed by atoms with E-state index in [1.54, 1.807) is 6.92 Å². The van der Waals surface area contributed by atoms with Gasteiger partial charge in [-0.25, -0.2) is 0 Å². The lowest BCUT2D eigenvalue weighted by Gasteiger charge is -2.18. The Hall–Kier alpha value is -0.820. The van der Waals surface area contributed by atoms with Crippen molar-refractivity contribution in [2.24, 2.45) is 11.8 Å². The van der Waals surface area contributed by atoms with Crippen LogP contribution in [0.4, 0.5) is 13.2 Å². The van der Waals surface area contributed by atoms with E-state index in [-0.39, 0.29) is 19.1 Å². The highest BCUT2D eigenvalue weighted by Gasteiger charge is 2.44. The molecule has 0 rings (SSSR count). The fourth-order valence-corrected chi connectivity index (χ4v) is 1.14. The molecule has 0 aromatic carbocycles. The lowest BCUT2D eigenvalue weighted by molar-refractivity contribution is -0.192. The Morgan fingerprint density at radius 3 is 2.31 bits per heavy atom. The van der Waals surface area contributed by atoms with E-state index in [4.69, 9.17) is 10.2 Å². The first-order valence-corrected chi connectivity index (χ1v) is 4.90. The zero-order valence-corrected chi connectivity index (χ0v) is 8.92. The third-order valence-corrected chi connectivity index (χ3v) is 2.16.